The van der Waals surface area contributed by atoms with E-state index in [4.69, 9.17) is 0 Å². The fourth-order valence-electron chi connectivity index (χ4n) is 2.39. The van der Waals surface area contributed by atoms with Crippen molar-refractivity contribution in [1.82, 2.24) is 9.55 Å². The van der Waals surface area contributed by atoms with E-state index in [0.29, 0.717) is 11.7 Å². The molecule has 1 aliphatic rings. The molecule has 0 saturated heterocycles. The largest absolute Gasteiger partial charge is 0.365 e. The summed E-state index contributed by atoms with van der Waals surface area (Å²) in [5, 5.41) is 3.19. The van der Waals surface area contributed by atoms with Gasteiger partial charge < -0.3 is 9.88 Å². The van der Waals surface area contributed by atoms with Crippen LogP contribution in [0.25, 0.3) is 0 Å². The van der Waals surface area contributed by atoms with Gasteiger partial charge in [-0.2, -0.15) is 0 Å². The molecule has 1 heterocycles. The summed E-state index contributed by atoms with van der Waals surface area (Å²) in [5.74, 6) is 2.04. The molecule has 0 atom stereocenters. The van der Waals surface area contributed by atoms with Gasteiger partial charge in [0.15, 0.2) is 5.82 Å². The van der Waals surface area contributed by atoms with Crippen molar-refractivity contribution in [1.29, 1.82) is 0 Å². The van der Waals surface area contributed by atoms with Gasteiger partial charge in [-0.3, -0.25) is 4.79 Å². The second-order valence-electron chi connectivity index (χ2n) is 5.20. The summed E-state index contributed by atoms with van der Waals surface area (Å²) in [6.07, 6.45) is 8.49. The fraction of sp³-hybridized carbons (Fsp3) is 0.692. The Hall–Kier alpha value is -1.32. The molecule has 4 heteroatoms. The first kappa shape index (κ1) is 12.1. The molecule has 0 unspecified atom stereocenters. The minimum absolute atomic E-state index is 0.0447. The smallest absolute Gasteiger partial charge is 0.293 e. The minimum Gasteiger partial charge on any atom is -0.365 e. The summed E-state index contributed by atoms with van der Waals surface area (Å²) in [6.45, 7) is 3.19. The van der Waals surface area contributed by atoms with Crippen molar-refractivity contribution in [2.24, 2.45) is 18.9 Å². The van der Waals surface area contributed by atoms with E-state index in [9.17, 15) is 4.79 Å². The molecule has 1 aromatic heterocycles. The van der Waals surface area contributed by atoms with Gasteiger partial charge in [0.2, 0.25) is 0 Å². The highest BCUT2D eigenvalue weighted by molar-refractivity contribution is 5.30. The SMILES string of the molecule is CC1CCC(CNc2nccn(C)c2=O)CC1. The zero-order valence-electron chi connectivity index (χ0n) is 10.6. The van der Waals surface area contributed by atoms with Gasteiger partial charge in [0.05, 0.1) is 0 Å². The summed E-state index contributed by atoms with van der Waals surface area (Å²) >= 11 is 0. The van der Waals surface area contributed by atoms with Crippen molar-refractivity contribution in [3.8, 4) is 0 Å². The van der Waals surface area contributed by atoms with E-state index in [0.717, 1.165) is 12.5 Å². The molecule has 1 N–H and O–H groups in total. The lowest BCUT2D eigenvalue weighted by molar-refractivity contribution is 0.300. The van der Waals surface area contributed by atoms with E-state index in [1.54, 1.807) is 24.0 Å². The van der Waals surface area contributed by atoms with E-state index in [-0.39, 0.29) is 5.56 Å². The number of anilines is 1. The zero-order chi connectivity index (χ0) is 12.3. The van der Waals surface area contributed by atoms with Crippen LogP contribution in [0.1, 0.15) is 32.6 Å². The molecule has 17 heavy (non-hydrogen) atoms. The van der Waals surface area contributed by atoms with Gasteiger partial charge in [0.1, 0.15) is 0 Å². The molecular weight excluding hydrogens is 214 g/mol. The molecule has 0 amide bonds. The standard InChI is InChI=1S/C13H21N3O/c1-10-3-5-11(6-4-10)9-15-12-13(17)16(2)8-7-14-12/h7-8,10-11H,3-6,9H2,1-2H3,(H,14,15). The minimum atomic E-state index is -0.0447. The molecule has 4 nitrogen and oxygen atoms in total. The maximum atomic E-state index is 11.7. The molecule has 94 valence electrons. The summed E-state index contributed by atoms with van der Waals surface area (Å²) in [4.78, 5) is 15.8. The van der Waals surface area contributed by atoms with Gasteiger partial charge in [0.25, 0.3) is 5.56 Å². The molecule has 1 fully saturated rings. The van der Waals surface area contributed by atoms with Crippen molar-refractivity contribution in [2.75, 3.05) is 11.9 Å². The highest BCUT2D eigenvalue weighted by atomic mass is 16.1. The number of nitrogens with one attached hydrogen (secondary N) is 1. The van der Waals surface area contributed by atoms with Crippen LogP contribution in [-0.4, -0.2) is 16.1 Å². The predicted octanol–water partition coefficient (Wildman–Crippen LogP) is 2.02. The van der Waals surface area contributed by atoms with Crippen LogP contribution in [-0.2, 0) is 7.05 Å². The summed E-state index contributed by atoms with van der Waals surface area (Å²) < 4.78 is 1.55. The van der Waals surface area contributed by atoms with Crippen LogP contribution < -0.4 is 10.9 Å². The molecule has 0 radical (unpaired) electrons. The monoisotopic (exact) mass is 235 g/mol. The molecule has 0 aromatic carbocycles. The number of hydrogen-bond donors (Lipinski definition) is 1. The van der Waals surface area contributed by atoms with Gasteiger partial charge >= 0.3 is 0 Å². The molecule has 1 aliphatic carbocycles. The molecule has 0 bridgehead atoms. The van der Waals surface area contributed by atoms with Crippen molar-refractivity contribution in [3.05, 3.63) is 22.7 Å². The first-order valence-electron chi connectivity index (χ1n) is 6.42. The van der Waals surface area contributed by atoms with E-state index in [2.05, 4.69) is 17.2 Å². The zero-order valence-corrected chi connectivity index (χ0v) is 10.6. The van der Waals surface area contributed by atoms with Crippen LogP contribution >= 0.6 is 0 Å². The maximum Gasteiger partial charge on any atom is 0.293 e. The van der Waals surface area contributed by atoms with Crippen LogP contribution in [0.5, 0.6) is 0 Å². The summed E-state index contributed by atoms with van der Waals surface area (Å²) in [7, 11) is 1.75. The topological polar surface area (TPSA) is 46.9 Å². The average molecular weight is 235 g/mol. The normalized spacial score (nSPS) is 24.6. The van der Waals surface area contributed by atoms with Crippen molar-refractivity contribution >= 4 is 5.82 Å². The quantitative estimate of drug-likeness (QED) is 0.872. The number of nitrogens with zero attached hydrogens (tertiary/aromatic N) is 2. The summed E-state index contributed by atoms with van der Waals surface area (Å²) in [5.41, 5.74) is -0.0447. The van der Waals surface area contributed by atoms with Crippen molar-refractivity contribution in [3.63, 3.8) is 0 Å². The van der Waals surface area contributed by atoms with Crippen LogP contribution in [0.15, 0.2) is 17.2 Å². The van der Waals surface area contributed by atoms with E-state index >= 15 is 0 Å². The number of rotatable bonds is 3. The molecule has 1 saturated carbocycles. The third-order valence-electron chi connectivity index (χ3n) is 3.71. The lowest BCUT2D eigenvalue weighted by Gasteiger charge is -2.26. The first-order valence-corrected chi connectivity index (χ1v) is 6.42. The Morgan fingerprint density at radius 3 is 2.82 bits per heavy atom. The fourth-order valence-corrected chi connectivity index (χ4v) is 2.39. The number of aryl methyl sites for hydroxylation is 1. The highest BCUT2D eigenvalue weighted by Gasteiger charge is 2.18. The van der Waals surface area contributed by atoms with E-state index in [1.165, 1.54) is 25.7 Å². The lowest BCUT2D eigenvalue weighted by atomic mass is 9.83. The van der Waals surface area contributed by atoms with Gasteiger partial charge in [-0.25, -0.2) is 4.98 Å². The predicted molar refractivity (Wildman–Crippen MR) is 69.1 cm³/mol. The van der Waals surface area contributed by atoms with Crippen LogP contribution in [0.3, 0.4) is 0 Å². The van der Waals surface area contributed by atoms with Crippen LogP contribution in [0, 0.1) is 11.8 Å². The summed E-state index contributed by atoms with van der Waals surface area (Å²) in [6, 6.07) is 0. The Kier molecular flexibility index (Phi) is 3.82. The van der Waals surface area contributed by atoms with Crippen LogP contribution in [0.4, 0.5) is 5.82 Å². The Bertz CT molecular complexity index is 419. The van der Waals surface area contributed by atoms with Gasteiger partial charge in [-0.1, -0.05) is 19.8 Å². The van der Waals surface area contributed by atoms with E-state index in [1.807, 2.05) is 0 Å². The highest BCUT2D eigenvalue weighted by Crippen LogP contribution is 2.27. The lowest BCUT2D eigenvalue weighted by Crippen LogP contribution is -2.26. The van der Waals surface area contributed by atoms with Gasteiger partial charge in [-0.05, 0) is 24.7 Å². The Labute approximate surface area is 102 Å². The molecule has 0 aliphatic heterocycles. The second kappa shape index (κ2) is 5.34. The van der Waals surface area contributed by atoms with Gasteiger partial charge in [0, 0.05) is 26.0 Å². The Balaban J connectivity index is 1.90. The van der Waals surface area contributed by atoms with Gasteiger partial charge in [-0.15, -0.1) is 0 Å². The Morgan fingerprint density at radius 2 is 2.12 bits per heavy atom. The molecular formula is C13H21N3O. The van der Waals surface area contributed by atoms with Crippen molar-refractivity contribution < 1.29 is 0 Å². The van der Waals surface area contributed by atoms with Crippen molar-refractivity contribution in [2.45, 2.75) is 32.6 Å². The average Bonchev–Trinajstić information content (AvgIpc) is 2.33. The molecule has 2 rings (SSSR count). The Morgan fingerprint density at radius 1 is 1.41 bits per heavy atom. The number of hydrogen-bond acceptors (Lipinski definition) is 3. The molecule has 0 spiro atoms. The first-order chi connectivity index (χ1) is 8.16. The third-order valence-corrected chi connectivity index (χ3v) is 3.71. The third kappa shape index (κ3) is 3.08. The van der Waals surface area contributed by atoms with E-state index < -0.39 is 0 Å². The number of aromatic nitrogens is 2. The second-order valence-corrected chi connectivity index (χ2v) is 5.20. The maximum absolute atomic E-state index is 11.7. The van der Waals surface area contributed by atoms with Crippen LogP contribution in [0.2, 0.25) is 0 Å². The molecule has 1 aromatic rings.